The van der Waals surface area contributed by atoms with Gasteiger partial charge in [-0.25, -0.2) is 4.98 Å². The van der Waals surface area contributed by atoms with Crippen molar-refractivity contribution in [2.75, 3.05) is 13.1 Å². The molecular formula is C14H17N3O2S. The smallest absolute Gasteiger partial charge is 0.265 e. The van der Waals surface area contributed by atoms with Gasteiger partial charge in [0.1, 0.15) is 10.6 Å². The fraction of sp³-hybridized carbons (Fsp3) is 0.429. The second-order valence-electron chi connectivity index (χ2n) is 5.14. The van der Waals surface area contributed by atoms with Gasteiger partial charge in [-0.2, -0.15) is 0 Å². The van der Waals surface area contributed by atoms with E-state index in [1.54, 1.807) is 0 Å². The Morgan fingerprint density at radius 1 is 1.50 bits per heavy atom. The van der Waals surface area contributed by atoms with E-state index in [-0.39, 0.29) is 11.9 Å². The molecule has 1 fully saturated rings. The highest BCUT2D eigenvalue weighted by atomic mass is 32.1. The maximum atomic E-state index is 12.5. The summed E-state index contributed by atoms with van der Waals surface area (Å²) in [5, 5.41) is 0.752. The van der Waals surface area contributed by atoms with Crippen LogP contribution in [-0.2, 0) is 0 Å². The normalized spacial score (nSPS) is 18.8. The molecule has 0 saturated carbocycles. The molecule has 1 atom stereocenters. The standard InChI is InChI=1S/C14H17N3O2S/c1-8-3-4-11(19-8)13-16-9(2)12(20-13)14(18)17-6-5-10(15)7-17/h3-4,10H,5-7,15H2,1-2H3/t10-/m1/s1. The second kappa shape index (κ2) is 5.03. The van der Waals surface area contributed by atoms with E-state index >= 15 is 0 Å². The lowest BCUT2D eigenvalue weighted by molar-refractivity contribution is 0.0794. The quantitative estimate of drug-likeness (QED) is 0.920. The molecule has 106 valence electrons. The molecule has 3 rings (SSSR count). The first-order chi connectivity index (χ1) is 9.54. The van der Waals surface area contributed by atoms with Crippen LogP contribution in [0.4, 0.5) is 0 Å². The van der Waals surface area contributed by atoms with Crippen LogP contribution in [0.2, 0.25) is 0 Å². The lowest BCUT2D eigenvalue weighted by Crippen LogP contribution is -2.31. The molecule has 0 unspecified atom stereocenters. The van der Waals surface area contributed by atoms with Gasteiger partial charge in [-0.15, -0.1) is 11.3 Å². The van der Waals surface area contributed by atoms with Crippen LogP contribution < -0.4 is 5.73 Å². The van der Waals surface area contributed by atoms with E-state index in [1.165, 1.54) is 11.3 Å². The topological polar surface area (TPSA) is 72.4 Å². The van der Waals surface area contributed by atoms with Gasteiger partial charge in [-0.3, -0.25) is 4.79 Å². The molecule has 3 heterocycles. The molecule has 0 spiro atoms. The Morgan fingerprint density at radius 3 is 2.90 bits per heavy atom. The van der Waals surface area contributed by atoms with Crippen LogP contribution in [0.5, 0.6) is 0 Å². The Hall–Kier alpha value is -1.66. The molecule has 2 aromatic heterocycles. The molecule has 1 aliphatic heterocycles. The van der Waals surface area contributed by atoms with Gasteiger partial charge in [0.15, 0.2) is 10.8 Å². The number of rotatable bonds is 2. The van der Waals surface area contributed by atoms with Crippen molar-refractivity contribution < 1.29 is 9.21 Å². The minimum atomic E-state index is 0.0301. The van der Waals surface area contributed by atoms with Crippen LogP contribution in [0, 0.1) is 13.8 Å². The summed E-state index contributed by atoms with van der Waals surface area (Å²) in [6.07, 6.45) is 0.869. The first-order valence-electron chi connectivity index (χ1n) is 6.63. The average Bonchev–Trinajstić information content (AvgIpc) is 3.09. The summed E-state index contributed by atoms with van der Waals surface area (Å²) in [5.74, 6) is 1.58. The molecule has 0 bridgehead atoms. The molecule has 5 nitrogen and oxygen atoms in total. The lowest BCUT2D eigenvalue weighted by atomic mass is 10.3. The van der Waals surface area contributed by atoms with Crippen molar-refractivity contribution in [3.8, 4) is 10.8 Å². The van der Waals surface area contributed by atoms with Crippen LogP contribution in [-0.4, -0.2) is 34.9 Å². The fourth-order valence-corrected chi connectivity index (χ4v) is 3.36. The van der Waals surface area contributed by atoms with Crippen LogP contribution in [0.3, 0.4) is 0 Å². The first kappa shape index (κ1) is 13.3. The van der Waals surface area contributed by atoms with Crippen molar-refractivity contribution in [3.63, 3.8) is 0 Å². The minimum Gasteiger partial charge on any atom is -0.459 e. The summed E-state index contributed by atoms with van der Waals surface area (Å²) in [4.78, 5) is 19.4. The second-order valence-corrected chi connectivity index (χ2v) is 6.14. The highest BCUT2D eigenvalue weighted by molar-refractivity contribution is 7.17. The summed E-state index contributed by atoms with van der Waals surface area (Å²) in [6, 6.07) is 3.88. The Morgan fingerprint density at radius 2 is 2.30 bits per heavy atom. The van der Waals surface area contributed by atoms with Crippen molar-refractivity contribution in [1.29, 1.82) is 0 Å². The van der Waals surface area contributed by atoms with Gasteiger partial charge in [0.2, 0.25) is 0 Å². The van der Waals surface area contributed by atoms with Gasteiger partial charge in [0.05, 0.1) is 5.69 Å². The molecule has 0 aromatic carbocycles. The number of furan rings is 1. The van der Waals surface area contributed by atoms with E-state index in [1.807, 2.05) is 30.9 Å². The van der Waals surface area contributed by atoms with E-state index in [0.717, 1.165) is 29.4 Å². The summed E-state index contributed by atoms with van der Waals surface area (Å²) >= 11 is 1.39. The summed E-state index contributed by atoms with van der Waals surface area (Å²) in [7, 11) is 0. The van der Waals surface area contributed by atoms with Gasteiger partial charge in [0, 0.05) is 19.1 Å². The summed E-state index contributed by atoms with van der Waals surface area (Å²) in [6.45, 7) is 5.11. The maximum absolute atomic E-state index is 12.5. The van der Waals surface area contributed by atoms with E-state index in [2.05, 4.69) is 4.98 Å². The van der Waals surface area contributed by atoms with Gasteiger partial charge in [0.25, 0.3) is 5.91 Å². The Bertz CT molecular complexity index is 647. The Kier molecular flexibility index (Phi) is 3.35. The molecule has 1 aliphatic rings. The Balaban J connectivity index is 1.87. The zero-order chi connectivity index (χ0) is 14.3. The fourth-order valence-electron chi connectivity index (χ4n) is 2.37. The number of carbonyl (C=O) groups is 1. The van der Waals surface area contributed by atoms with Crippen molar-refractivity contribution >= 4 is 17.2 Å². The number of nitrogens with two attached hydrogens (primary N) is 1. The third-order valence-corrected chi connectivity index (χ3v) is 4.61. The predicted octanol–water partition coefficient (Wildman–Crippen LogP) is 2.19. The monoisotopic (exact) mass is 291 g/mol. The van der Waals surface area contributed by atoms with Crippen molar-refractivity contribution in [1.82, 2.24) is 9.88 Å². The third-order valence-electron chi connectivity index (χ3n) is 3.45. The number of carbonyl (C=O) groups excluding carboxylic acids is 1. The van der Waals surface area contributed by atoms with Gasteiger partial charge in [-0.05, 0) is 32.4 Å². The predicted molar refractivity (Wildman–Crippen MR) is 77.8 cm³/mol. The van der Waals surface area contributed by atoms with Crippen molar-refractivity contribution in [3.05, 3.63) is 28.5 Å². The highest BCUT2D eigenvalue weighted by Crippen LogP contribution is 2.30. The number of nitrogens with zero attached hydrogens (tertiary/aromatic N) is 2. The number of amides is 1. The molecule has 1 saturated heterocycles. The molecule has 0 aliphatic carbocycles. The van der Waals surface area contributed by atoms with Crippen LogP contribution in [0.1, 0.15) is 27.5 Å². The van der Waals surface area contributed by atoms with Crippen LogP contribution in [0.15, 0.2) is 16.5 Å². The SMILES string of the molecule is Cc1ccc(-c2nc(C)c(C(=O)N3CC[C@@H](N)C3)s2)o1. The molecule has 1 amide bonds. The van der Waals surface area contributed by atoms with Gasteiger partial charge >= 0.3 is 0 Å². The highest BCUT2D eigenvalue weighted by Gasteiger charge is 2.27. The minimum absolute atomic E-state index is 0.0301. The zero-order valence-corrected chi connectivity index (χ0v) is 12.4. The number of hydrogen-bond acceptors (Lipinski definition) is 5. The van der Waals surface area contributed by atoms with Crippen molar-refractivity contribution in [2.24, 2.45) is 5.73 Å². The van der Waals surface area contributed by atoms with Gasteiger partial charge < -0.3 is 15.1 Å². The molecule has 6 heteroatoms. The summed E-state index contributed by atoms with van der Waals surface area (Å²) < 4.78 is 5.56. The van der Waals surface area contributed by atoms with Gasteiger partial charge in [-0.1, -0.05) is 0 Å². The van der Waals surface area contributed by atoms with E-state index in [9.17, 15) is 4.79 Å². The number of aryl methyl sites for hydroxylation is 2. The average molecular weight is 291 g/mol. The number of likely N-dealkylation sites (tertiary alicyclic amines) is 1. The van der Waals surface area contributed by atoms with E-state index in [4.69, 9.17) is 10.2 Å². The molecular weight excluding hydrogens is 274 g/mol. The van der Waals surface area contributed by atoms with Crippen molar-refractivity contribution in [2.45, 2.75) is 26.3 Å². The molecule has 2 aromatic rings. The largest absolute Gasteiger partial charge is 0.459 e. The lowest BCUT2D eigenvalue weighted by Gasteiger charge is -2.14. The molecule has 2 N–H and O–H groups in total. The summed E-state index contributed by atoms with van der Waals surface area (Å²) in [5.41, 5.74) is 6.61. The maximum Gasteiger partial charge on any atom is 0.265 e. The number of aromatic nitrogens is 1. The van der Waals surface area contributed by atoms with E-state index in [0.29, 0.717) is 17.2 Å². The van der Waals surface area contributed by atoms with E-state index < -0.39 is 0 Å². The number of hydrogen-bond donors (Lipinski definition) is 1. The molecule has 0 radical (unpaired) electrons. The van der Waals surface area contributed by atoms with Crippen LogP contribution in [0.25, 0.3) is 10.8 Å². The molecule has 20 heavy (non-hydrogen) atoms. The number of thiazole rings is 1. The Labute approximate surface area is 121 Å². The third kappa shape index (κ3) is 2.36. The first-order valence-corrected chi connectivity index (χ1v) is 7.45. The zero-order valence-electron chi connectivity index (χ0n) is 11.5. The van der Waals surface area contributed by atoms with Crippen LogP contribution >= 0.6 is 11.3 Å².